The SMILES string of the molecule is CCC(N=C1NC2(CCCC2)CS1)C(C)C. The smallest absolute Gasteiger partial charge is 0.157 e. The molecule has 3 heteroatoms. The molecule has 2 nitrogen and oxygen atoms in total. The third-order valence-electron chi connectivity index (χ3n) is 3.89. The van der Waals surface area contributed by atoms with Gasteiger partial charge in [0.2, 0.25) is 0 Å². The molecule has 1 atom stereocenters. The molecule has 2 rings (SSSR count). The highest BCUT2D eigenvalue weighted by Crippen LogP contribution is 2.37. The van der Waals surface area contributed by atoms with Crippen molar-refractivity contribution in [3.63, 3.8) is 0 Å². The van der Waals surface area contributed by atoms with E-state index < -0.39 is 0 Å². The van der Waals surface area contributed by atoms with Crippen LogP contribution < -0.4 is 5.32 Å². The summed E-state index contributed by atoms with van der Waals surface area (Å²) in [7, 11) is 0. The van der Waals surface area contributed by atoms with Gasteiger partial charge in [-0.15, -0.1) is 0 Å². The molecule has 1 aliphatic heterocycles. The minimum atomic E-state index is 0.415. The van der Waals surface area contributed by atoms with Gasteiger partial charge in [-0.25, -0.2) is 0 Å². The lowest BCUT2D eigenvalue weighted by Gasteiger charge is -2.22. The Hall–Kier alpha value is -0.180. The topological polar surface area (TPSA) is 24.4 Å². The third kappa shape index (κ3) is 2.55. The predicted octanol–water partition coefficient (Wildman–Crippen LogP) is 3.43. The van der Waals surface area contributed by atoms with Gasteiger partial charge in [-0.1, -0.05) is 45.4 Å². The molecule has 2 aliphatic rings. The first kappa shape index (κ1) is 12.3. The Balaban J connectivity index is 1.99. The fourth-order valence-corrected chi connectivity index (χ4v) is 4.03. The lowest BCUT2D eigenvalue weighted by atomic mass is 10.0. The number of nitrogens with zero attached hydrogens (tertiary/aromatic N) is 1. The van der Waals surface area contributed by atoms with E-state index in [9.17, 15) is 0 Å². The van der Waals surface area contributed by atoms with Gasteiger partial charge < -0.3 is 5.32 Å². The predicted molar refractivity (Wildman–Crippen MR) is 73.1 cm³/mol. The molecular weight excluding hydrogens is 216 g/mol. The number of aliphatic imine (C=N–C) groups is 1. The standard InChI is InChI=1S/C13H24N2S/c1-4-11(10(2)3)14-12-15-13(9-16-12)7-5-6-8-13/h10-11H,4-9H2,1-3H3,(H,14,15). The van der Waals surface area contributed by atoms with E-state index in [0.29, 0.717) is 17.5 Å². The molecule has 1 aliphatic carbocycles. The molecule has 1 unspecified atom stereocenters. The van der Waals surface area contributed by atoms with Gasteiger partial charge in [0.25, 0.3) is 0 Å². The Labute approximate surface area is 104 Å². The van der Waals surface area contributed by atoms with Crippen molar-refractivity contribution in [1.29, 1.82) is 0 Å². The summed E-state index contributed by atoms with van der Waals surface area (Å²) in [4.78, 5) is 4.88. The zero-order chi connectivity index (χ0) is 11.6. The summed E-state index contributed by atoms with van der Waals surface area (Å²) in [5, 5.41) is 4.91. The number of rotatable bonds is 3. The van der Waals surface area contributed by atoms with Gasteiger partial charge in [0.1, 0.15) is 0 Å². The largest absolute Gasteiger partial charge is 0.359 e. The number of hydrogen-bond acceptors (Lipinski definition) is 2. The third-order valence-corrected chi connectivity index (χ3v) is 5.07. The summed E-state index contributed by atoms with van der Waals surface area (Å²) in [6.07, 6.45) is 6.62. The van der Waals surface area contributed by atoms with Crippen LogP contribution in [0.4, 0.5) is 0 Å². The van der Waals surface area contributed by atoms with Crippen LogP contribution >= 0.6 is 11.8 Å². The molecule has 16 heavy (non-hydrogen) atoms. The van der Waals surface area contributed by atoms with E-state index in [1.54, 1.807) is 0 Å². The van der Waals surface area contributed by atoms with Crippen molar-refractivity contribution >= 4 is 16.9 Å². The fraction of sp³-hybridized carbons (Fsp3) is 0.923. The molecule has 92 valence electrons. The molecule has 0 radical (unpaired) electrons. The highest BCUT2D eigenvalue weighted by Gasteiger charge is 2.39. The molecule has 1 N–H and O–H groups in total. The molecule has 0 aromatic heterocycles. The molecule has 1 spiro atoms. The summed E-state index contributed by atoms with van der Waals surface area (Å²) < 4.78 is 0. The summed E-state index contributed by atoms with van der Waals surface area (Å²) in [5.74, 6) is 1.89. The van der Waals surface area contributed by atoms with Crippen LogP contribution in [0.25, 0.3) is 0 Å². The quantitative estimate of drug-likeness (QED) is 0.817. The van der Waals surface area contributed by atoms with E-state index in [-0.39, 0.29) is 0 Å². The van der Waals surface area contributed by atoms with E-state index in [1.165, 1.54) is 36.6 Å². The number of hydrogen-bond donors (Lipinski definition) is 1. The zero-order valence-electron chi connectivity index (χ0n) is 10.8. The van der Waals surface area contributed by atoms with Crippen LogP contribution in [0.5, 0.6) is 0 Å². The lowest BCUT2D eigenvalue weighted by Crippen LogP contribution is -2.41. The average Bonchev–Trinajstić information content (AvgIpc) is 2.86. The van der Waals surface area contributed by atoms with Crippen molar-refractivity contribution in [2.45, 2.75) is 64.5 Å². The first-order valence-electron chi connectivity index (χ1n) is 6.64. The maximum Gasteiger partial charge on any atom is 0.157 e. The van der Waals surface area contributed by atoms with Gasteiger partial charge in [-0.05, 0) is 25.2 Å². The van der Waals surface area contributed by atoms with E-state index >= 15 is 0 Å². The molecule has 0 amide bonds. The Morgan fingerprint density at radius 2 is 2.06 bits per heavy atom. The minimum Gasteiger partial charge on any atom is -0.359 e. The molecule has 0 aromatic carbocycles. The summed E-state index contributed by atoms with van der Waals surface area (Å²) in [6, 6.07) is 0.492. The Bertz CT molecular complexity index is 267. The van der Waals surface area contributed by atoms with Gasteiger partial charge in [0.15, 0.2) is 5.17 Å². The van der Waals surface area contributed by atoms with Crippen LogP contribution in [-0.4, -0.2) is 22.5 Å². The maximum absolute atomic E-state index is 4.88. The first-order valence-corrected chi connectivity index (χ1v) is 7.62. The molecule has 2 fully saturated rings. The van der Waals surface area contributed by atoms with E-state index in [1.807, 2.05) is 11.8 Å². The van der Waals surface area contributed by atoms with E-state index in [2.05, 4.69) is 26.1 Å². The van der Waals surface area contributed by atoms with Gasteiger partial charge in [0, 0.05) is 11.3 Å². The van der Waals surface area contributed by atoms with Crippen molar-refractivity contribution in [3.05, 3.63) is 0 Å². The van der Waals surface area contributed by atoms with Crippen LogP contribution in [0.1, 0.15) is 52.9 Å². The van der Waals surface area contributed by atoms with Crippen LogP contribution in [0.15, 0.2) is 4.99 Å². The van der Waals surface area contributed by atoms with Crippen molar-refractivity contribution < 1.29 is 0 Å². The number of nitrogens with one attached hydrogen (secondary N) is 1. The van der Waals surface area contributed by atoms with Crippen LogP contribution in [0.3, 0.4) is 0 Å². The molecular formula is C13H24N2S. The normalized spacial score (nSPS) is 27.9. The highest BCUT2D eigenvalue weighted by molar-refractivity contribution is 8.14. The zero-order valence-corrected chi connectivity index (χ0v) is 11.6. The van der Waals surface area contributed by atoms with Crippen molar-refractivity contribution in [1.82, 2.24) is 5.32 Å². The van der Waals surface area contributed by atoms with E-state index in [0.717, 1.165) is 6.42 Å². The van der Waals surface area contributed by atoms with Gasteiger partial charge in [-0.3, -0.25) is 4.99 Å². The fourth-order valence-electron chi connectivity index (χ4n) is 2.76. The Morgan fingerprint density at radius 1 is 1.38 bits per heavy atom. The van der Waals surface area contributed by atoms with Crippen LogP contribution in [0, 0.1) is 5.92 Å². The monoisotopic (exact) mass is 240 g/mol. The van der Waals surface area contributed by atoms with Crippen LogP contribution in [0.2, 0.25) is 0 Å². The van der Waals surface area contributed by atoms with Gasteiger partial charge in [-0.2, -0.15) is 0 Å². The Kier molecular flexibility index (Phi) is 3.83. The van der Waals surface area contributed by atoms with Crippen molar-refractivity contribution in [2.24, 2.45) is 10.9 Å². The Morgan fingerprint density at radius 3 is 2.62 bits per heavy atom. The summed E-state index contributed by atoms with van der Waals surface area (Å²) in [5.41, 5.74) is 0.415. The van der Waals surface area contributed by atoms with Crippen molar-refractivity contribution in [3.8, 4) is 0 Å². The maximum atomic E-state index is 4.88. The molecule has 1 heterocycles. The van der Waals surface area contributed by atoms with Crippen molar-refractivity contribution in [2.75, 3.05) is 5.75 Å². The van der Waals surface area contributed by atoms with E-state index in [4.69, 9.17) is 4.99 Å². The summed E-state index contributed by atoms with van der Waals surface area (Å²) in [6.45, 7) is 6.77. The second-order valence-electron chi connectivity index (χ2n) is 5.55. The highest BCUT2D eigenvalue weighted by atomic mass is 32.2. The molecule has 0 bridgehead atoms. The van der Waals surface area contributed by atoms with Gasteiger partial charge >= 0.3 is 0 Å². The second-order valence-corrected chi connectivity index (χ2v) is 6.52. The number of thioether (sulfide) groups is 1. The average molecular weight is 240 g/mol. The molecule has 1 saturated carbocycles. The second kappa shape index (κ2) is 4.99. The van der Waals surface area contributed by atoms with Crippen LogP contribution in [-0.2, 0) is 0 Å². The van der Waals surface area contributed by atoms with Gasteiger partial charge in [0.05, 0.1) is 6.04 Å². The lowest BCUT2D eigenvalue weighted by molar-refractivity contribution is 0.445. The first-order chi connectivity index (χ1) is 7.65. The molecule has 1 saturated heterocycles. The number of amidine groups is 1. The molecule has 0 aromatic rings. The summed E-state index contributed by atoms with van der Waals surface area (Å²) >= 11 is 1.94. The minimum absolute atomic E-state index is 0.415.